The molecule has 5 rings (SSSR count). The number of para-hydroxylation sites is 2. The fourth-order valence-electron chi connectivity index (χ4n) is 4.11. The molecule has 35 heavy (non-hydrogen) atoms. The number of aliphatic imine (C=N–C) groups is 2. The van der Waals surface area contributed by atoms with E-state index in [0.717, 1.165) is 50.6 Å². The number of hydrogen-bond donors (Lipinski definition) is 0. The van der Waals surface area contributed by atoms with Gasteiger partial charge in [0.2, 0.25) is 0 Å². The standard InChI is InChI=1S/C33H26N2/c1-25-24-28(32(26-14-6-2-7-15-26)34-29-18-10-4-11-19-29)22-23-31(25)33(27-16-8-3-9-17-27)35-30-20-12-5-13-21-30/h2-24H,1H3. The molecule has 0 N–H and O–H groups in total. The molecule has 0 fully saturated rings. The van der Waals surface area contributed by atoms with Gasteiger partial charge in [0.25, 0.3) is 0 Å². The molecule has 0 saturated carbocycles. The SMILES string of the molecule is Cc1cc(C(=Nc2ccccc2)c2ccccc2)ccc1C(=Nc1ccccc1)c1ccccc1. The lowest BCUT2D eigenvalue weighted by Gasteiger charge is -2.14. The molecule has 0 amide bonds. The van der Waals surface area contributed by atoms with Crippen molar-refractivity contribution in [3.63, 3.8) is 0 Å². The monoisotopic (exact) mass is 450 g/mol. The van der Waals surface area contributed by atoms with Gasteiger partial charge in [-0.05, 0) is 42.8 Å². The first-order valence-electron chi connectivity index (χ1n) is 11.8. The molecular formula is C33H26N2. The first-order valence-corrected chi connectivity index (χ1v) is 11.8. The van der Waals surface area contributed by atoms with Gasteiger partial charge in [-0.2, -0.15) is 0 Å². The molecule has 0 aromatic heterocycles. The minimum atomic E-state index is 0.934. The van der Waals surface area contributed by atoms with E-state index in [4.69, 9.17) is 9.98 Å². The summed E-state index contributed by atoms with van der Waals surface area (Å²) in [7, 11) is 0. The van der Waals surface area contributed by atoms with Crippen molar-refractivity contribution in [2.75, 3.05) is 0 Å². The van der Waals surface area contributed by atoms with Crippen LogP contribution in [0.3, 0.4) is 0 Å². The van der Waals surface area contributed by atoms with Crippen LogP contribution in [0.25, 0.3) is 0 Å². The zero-order valence-corrected chi connectivity index (χ0v) is 19.7. The van der Waals surface area contributed by atoms with E-state index in [1.165, 1.54) is 0 Å². The van der Waals surface area contributed by atoms with Gasteiger partial charge in [0.1, 0.15) is 0 Å². The van der Waals surface area contributed by atoms with Crippen LogP contribution < -0.4 is 0 Å². The Morgan fingerprint density at radius 1 is 0.429 bits per heavy atom. The predicted molar refractivity (Wildman–Crippen MR) is 148 cm³/mol. The van der Waals surface area contributed by atoms with Gasteiger partial charge in [-0.25, -0.2) is 9.98 Å². The highest BCUT2D eigenvalue weighted by Gasteiger charge is 2.14. The molecule has 168 valence electrons. The van der Waals surface area contributed by atoms with Crippen molar-refractivity contribution in [3.05, 3.63) is 167 Å². The normalized spacial score (nSPS) is 11.9. The number of nitrogens with zero attached hydrogens (tertiary/aromatic N) is 2. The Bertz CT molecular complexity index is 1450. The Morgan fingerprint density at radius 3 is 1.34 bits per heavy atom. The highest BCUT2D eigenvalue weighted by molar-refractivity contribution is 6.17. The maximum absolute atomic E-state index is 5.05. The van der Waals surface area contributed by atoms with Crippen molar-refractivity contribution in [1.82, 2.24) is 0 Å². The second-order valence-electron chi connectivity index (χ2n) is 8.35. The second-order valence-corrected chi connectivity index (χ2v) is 8.35. The zero-order chi connectivity index (χ0) is 23.9. The van der Waals surface area contributed by atoms with Crippen LogP contribution >= 0.6 is 0 Å². The summed E-state index contributed by atoms with van der Waals surface area (Å²) in [6, 6.07) is 47.5. The molecular weight excluding hydrogens is 424 g/mol. The van der Waals surface area contributed by atoms with Gasteiger partial charge < -0.3 is 0 Å². The average molecular weight is 451 g/mol. The maximum Gasteiger partial charge on any atom is 0.0784 e. The summed E-state index contributed by atoms with van der Waals surface area (Å²) in [6.45, 7) is 2.15. The fraction of sp³-hybridized carbons (Fsp3) is 0.0303. The van der Waals surface area contributed by atoms with Crippen LogP contribution in [0.15, 0.2) is 150 Å². The third-order valence-electron chi connectivity index (χ3n) is 5.84. The molecule has 0 radical (unpaired) electrons. The average Bonchev–Trinajstić information content (AvgIpc) is 2.93. The lowest BCUT2D eigenvalue weighted by atomic mass is 9.93. The van der Waals surface area contributed by atoms with Crippen LogP contribution in [-0.2, 0) is 0 Å². The third kappa shape index (κ3) is 5.34. The molecule has 0 saturated heterocycles. The molecule has 0 aliphatic carbocycles. The first-order chi connectivity index (χ1) is 17.3. The first kappa shape index (κ1) is 22.2. The Labute approximate surface area is 207 Å². The van der Waals surface area contributed by atoms with Gasteiger partial charge in [0.05, 0.1) is 22.8 Å². The van der Waals surface area contributed by atoms with E-state index in [1.54, 1.807) is 0 Å². The third-order valence-corrected chi connectivity index (χ3v) is 5.84. The summed E-state index contributed by atoms with van der Waals surface area (Å²) in [5.41, 5.74) is 9.30. The van der Waals surface area contributed by atoms with Crippen LogP contribution in [0.5, 0.6) is 0 Å². The Hall–Kier alpha value is -4.56. The molecule has 0 aliphatic rings. The Morgan fingerprint density at radius 2 is 0.857 bits per heavy atom. The van der Waals surface area contributed by atoms with Gasteiger partial charge in [0.15, 0.2) is 0 Å². The van der Waals surface area contributed by atoms with Crippen LogP contribution in [0, 0.1) is 6.92 Å². The molecule has 0 unspecified atom stereocenters. The lowest BCUT2D eigenvalue weighted by Crippen LogP contribution is -2.08. The van der Waals surface area contributed by atoms with Crippen molar-refractivity contribution in [2.45, 2.75) is 6.92 Å². The number of aryl methyl sites for hydroxylation is 1. The zero-order valence-electron chi connectivity index (χ0n) is 19.7. The Kier molecular flexibility index (Phi) is 6.72. The van der Waals surface area contributed by atoms with Gasteiger partial charge >= 0.3 is 0 Å². The van der Waals surface area contributed by atoms with Crippen molar-refractivity contribution < 1.29 is 0 Å². The molecule has 5 aromatic rings. The van der Waals surface area contributed by atoms with E-state index < -0.39 is 0 Å². The quantitative estimate of drug-likeness (QED) is 0.232. The number of benzene rings is 5. The summed E-state index contributed by atoms with van der Waals surface area (Å²) in [5.74, 6) is 0. The summed E-state index contributed by atoms with van der Waals surface area (Å²) in [5, 5.41) is 0. The smallest absolute Gasteiger partial charge is 0.0784 e. The highest BCUT2D eigenvalue weighted by Crippen LogP contribution is 2.24. The van der Waals surface area contributed by atoms with Crippen molar-refractivity contribution in [1.29, 1.82) is 0 Å². The molecule has 5 aromatic carbocycles. The molecule has 0 atom stereocenters. The molecule has 0 aliphatic heterocycles. The van der Waals surface area contributed by atoms with Crippen LogP contribution in [0.2, 0.25) is 0 Å². The van der Waals surface area contributed by atoms with E-state index in [9.17, 15) is 0 Å². The summed E-state index contributed by atoms with van der Waals surface area (Å²) >= 11 is 0. The van der Waals surface area contributed by atoms with Gasteiger partial charge in [-0.3, -0.25) is 0 Å². The van der Waals surface area contributed by atoms with Crippen LogP contribution in [-0.4, -0.2) is 11.4 Å². The fourth-order valence-corrected chi connectivity index (χ4v) is 4.11. The van der Waals surface area contributed by atoms with E-state index >= 15 is 0 Å². The number of hydrogen-bond acceptors (Lipinski definition) is 2. The van der Waals surface area contributed by atoms with E-state index in [2.05, 4.69) is 73.7 Å². The van der Waals surface area contributed by atoms with Crippen molar-refractivity contribution >= 4 is 22.8 Å². The topological polar surface area (TPSA) is 24.7 Å². The summed E-state index contributed by atoms with van der Waals surface area (Å²) in [6.07, 6.45) is 0. The molecule has 0 spiro atoms. The van der Waals surface area contributed by atoms with Crippen LogP contribution in [0.1, 0.15) is 27.8 Å². The maximum atomic E-state index is 5.05. The van der Waals surface area contributed by atoms with Crippen molar-refractivity contribution in [3.8, 4) is 0 Å². The Balaban J connectivity index is 1.62. The minimum absolute atomic E-state index is 0.934. The lowest BCUT2D eigenvalue weighted by molar-refractivity contribution is 1.39. The highest BCUT2D eigenvalue weighted by atomic mass is 14.8. The van der Waals surface area contributed by atoms with Crippen LogP contribution in [0.4, 0.5) is 11.4 Å². The molecule has 2 nitrogen and oxygen atoms in total. The van der Waals surface area contributed by atoms with Gasteiger partial charge in [-0.15, -0.1) is 0 Å². The van der Waals surface area contributed by atoms with Gasteiger partial charge in [-0.1, -0.05) is 109 Å². The summed E-state index contributed by atoms with van der Waals surface area (Å²) < 4.78 is 0. The predicted octanol–water partition coefficient (Wildman–Crippen LogP) is 8.33. The van der Waals surface area contributed by atoms with E-state index in [1.807, 2.05) is 72.8 Å². The largest absolute Gasteiger partial charge is 0.248 e. The van der Waals surface area contributed by atoms with E-state index in [-0.39, 0.29) is 0 Å². The number of rotatable bonds is 6. The van der Waals surface area contributed by atoms with Crippen molar-refractivity contribution in [2.24, 2.45) is 9.98 Å². The molecule has 0 bridgehead atoms. The van der Waals surface area contributed by atoms with E-state index in [0.29, 0.717) is 0 Å². The second kappa shape index (κ2) is 10.6. The van der Waals surface area contributed by atoms with Gasteiger partial charge in [0, 0.05) is 22.3 Å². The molecule has 2 heteroatoms. The molecule has 0 heterocycles. The minimum Gasteiger partial charge on any atom is -0.248 e. The summed E-state index contributed by atoms with van der Waals surface area (Å²) in [4.78, 5) is 10.1.